The molecule has 0 aliphatic heterocycles. The van der Waals surface area contributed by atoms with E-state index in [2.05, 4.69) is 53.7 Å². The van der Waals surface area contributed by atoms with Gasteiger partial charge in [0.1, 0.15) is 20.2 Å². The maximum absolute atomic E-state index is 11.1. The second kappa shape index (κ2) is 33.7. The van der Waals surface area contributed by atoms with E-state index in [9.17, 15) is 35.1 Å². The average molecular weight is 873 g/mol. The van der Waals surface area contributed by atoms with Crippen LogP contribution >= 0.6 is 15.2 Å². The third-order valence-electron chi connectivity index (χ3n) is 8.64. The molecule has 0 spiro atoms. The van der Waals surface area contributed by atoms with Crippen molar-refractivity contribution in [3.63, 3.8) is 0 Å². The minimum absolute atomic E-state index is 0. The van der Waals surface area contributed by atoms with Crippen LogP contribution in [0.3, 0.4) is 0 Å². The number of unbranched alkanes of at least 4 members (excludes halogenated alkanes) is 10. The maximum Gasteiger partial charge on any atom is 1.00 e. The van der Waals surface area contributed by atoms with E-state index in [1.807, 2.05) is 0 Å². The summed E-state index contributed by atoms with van der Waals surface area (Å²) in [5, 5.41) is 0. The van der Waals surface area contributed by atoms with Gasteiger partial charge in [-0.05, 0) is 78.1 Å². The van der Waals surface area contributed by atoms with E-state index in [0.29, 0.717) is 37.5 Å². The number of hydrogen-bond acceptors (Lipinski definition) is 8. The third-order valence-corrected chi connectivity index (χ3v) is 15.7. The third kappa shape index (κ3) is 38.4. The summed E-state index contributed by atoms with van der Waals surface area (Å²) >= 11 is 0. The second-order valence-corrected chi connectivity index (χ2v) is 21.8. The van der Waals surface area contributed by atoms with E-state index in [0.717, 1.165) is 64.2 Å². The number of allylic oxidation sites excluding steroid dienone is 4. The standard InChI is InChI=1S/2C17H35O6PS.2K/c2*1-15(2)11-10-13-16(3)12-8-6-4-5-7-9-14-17(24(18,19)20)25(21,22)23;;/h2*11,16-17H,4-10,12-14H2,1-3H3,(H2,18,19,20)(H,21,22,23);;/q;;2*+1/p-2/t2*16-,17?;;/m00../s1. The van der Waals surface area contributed by atoms with Gasteiger partial charge in [-0.2, -0.15) is 0 Å². The molecule has 18 heteroatoms. The topological polar surface area (TPSA) is 229 Å². The van der Waals surface area contributed by atoms with Gasteiger partial charge in [0.2, 0.25) is 0 Å². The van der Waals surface area contributed by atoms with Gasteiger partial charge in [0.15, 0.2) is 9.98 Å². The van der Waals surface area contributed by atoms with Crippen molar-refractivity contribution in [1.29, 1.82) is 0 Å². The summed E-state index contributed by atoms with van der Waals surface area (Å²) in [6.07, 6.45) is 21.5. The molecule has 0 heterocycles. The molecule has 0 bridgehead atoms. The zero-order chi connectivity index (χ0) is 39.0. The molecular formula is C34H68K2O12P2S2. The van der Waals surface area contributed by atoms with Crippen LogP contribution < -0.4 is 103 Å². The molecule has 52 heavy (non-hydrogen) atoms. The molecule has 0 fully saturated rings. The summed E-state index contributed by atoms with van der Waals surface area (Å²) in [5.41, 5.74) is 2.72. The molecule has 4 atom stereocenters. The van der Waals surface area contributed by atoms with Gasteiger partial charge in [0.25, 0.3) is 0 Å². The average Bonchev–Trinajstić information content (AvgIpc) is 2.92. The first-order valence-electron chi connectivity index (χ1n) is 18.2. The van der Waals surface area contributed by atoms with Crippen LogP contribution in [-0.2, 0) is 29.4 Å². The zero-order valence-corrected chi connectivity index (χ0v) is 43.0. The Balaban J connectivity index is -0.000000427. The Morgan fingerprint density at radius 2 is 0.731 bits per heavy atom. The van der Waals surface area contributed by atoms with Gasteiger partial charge >= 0.3 is 118 Å². The quantitative estimate of drug-likeness (QED) is 0.0293. The molecular weight excluding hydrogens is 805 g/mol. The van der Waals surface area contributed by atoms with Crippen LogP contribution in [0, 0.1) is 11.8 Å². The Bertz CT molecular complexity index is 1180. The molecule has 12 nitrogen and oxygen atoms in total. The fourth-order valence-electron chi connectivity index (χ4n) is 5.60. The molecule has 0 aliphatic rings. The van der Waals surface area contributed by atoms with E-state index in [1.165, 1.54) is 36.8 Å². The first-order chi connectivity index (χ1) is 22.9. The van der Waals surface area contributed by atoms with Crippen LogP contribution in [0.5, 0.6) is 0 Å². The minimum Gasteiger partial charge on any atom is -0.747 e. The molecule has 0 aliphatic carbocycles. The predicted octanol–water partition coefficient (Wildman–Crippen LogP) is 3.09. The Morgan fingerprint density at radius 3 is 0.942 bits per heavy atom. The molecule has 0 aromatic heterocycles. The van der Waals surface area contributed by atoms with Crippen molar-refractivity contribution in [3.05, 3.63) is 23.3 Å². The summed E-state index contributed by atoms with van der Waals surface area (Å²) in [4.78, 5) is 31.6. The van der Waals surface area contributed by atoms with Crippen molar-refractivity contribution in [2.24, 2.45) is 11.8 Å². The van der Waals surface area contributed by atoms with E-state index >= 15 is 0 Å². The smallest absolute Gasteiger partial charge is 0.747 e. The SMILES string of the molecule is CC(C)=CCC[C@@H](C)CCCCCCCCC(P(=O)(O)O)S(=O)(=O)[O-].CC(C)=CCC[C@@H](C)CCCCCCCCC(P(=O)(O)O)S(=O)(=O)[O-].[K+].[K+]. The van der Waals surface area contributed by atoms with Gasteiger partial charge in [0.05, 0.1) is 0 Å². The zero-order valence-electron chi connectivity index (χ0n) is 33.4. The van der Waals surface area contributed by atoms with Crippen molar-refractivity contribution < 1.29 is 157 Å². The van der Waals surface area contributed by atoms with E-state index in [1.54, 1.807) is 0 Å². The van der Waals surface area contributed by atoms with Crippen LogP contribution in [0.2, 0.25) is 0 Å². The van der Waals surface area contributed by atoms with Gasteiger partial charge < -0.3 is 28.7 Å². The Labute approximate surface area is 402 Å². The molecule has 0 radical (unpaired) electrons. The molecule has 0 amide bonds. The molecule has 0 rings (SSSR count). The van der Waals surface area contributed by atoms with Gasteiger partial charge in [-0.15, -0.1) is 0 Å². The predicted molar refractivity (Wildman–Crippen MR) is 201 cm³/mol. The van der Waals surface area contributed by atoms with E-state index < -0.39 is 45.4 Å². The fourth-order valence-corrected chi connectivity index (χ4v) is 10.2. The van der Waals surface area contributed by atoms with Gasteiger partial charge in [0, 0.05) is 0 Å². The molecule has 300 valence electrons. The largest absolute Gasteiger partial charge is 1.00 e. The summed E-state index contributed by atoms with van der Waals surface area (Å²) in [7, 11) is -19.7. The van der Waals surface area contributed by atoms with Crippen molar-refractivity contribution >= 4 is 35.4 Å². The Hall–Kier alpha value is 2.87. The molecule has 2 unspecified atom stereocenters. The Morgan fingerprint density at radius 1 is 0.500 bits per heavy atom. The van der Waals surface area contributed by atoms with Crippen molar-refractivity contribution in [2.45, 2.75) is 180 Å². The molecule has 4 N–H and O–H groups in total. The van der Waals surface area contributed by atoms with Crippen LogP contribution in [-0.4, -0.2) is 55.5 Å². The molecule has 0 aromatic rings. The molecule has 0 aromatic carbocycles. The summed E-state index contributed by atoms with van der Waals surface area (Å²) < 4.78 is 87.6. The van der Waals surface area contributed by atoms with Crippen molar-refractivity contribution in [1.82, 2.24) is 0 Å². The fraction of sp³-hybridized carbons (Fsp3) is 0.882. The van der Waals surface area contributed by atoms with Crippen LogP contribution in [0.25, 0.3) is 0 Å². The van der Waals surface area contributed by atoms with Crippen LogP contribution in [0.15, 0.2) is 23.3 Å². The van der Waals surface area contributed by atoms with Gasteiger partial charge in [-0.25, -0.2) is 16.8 Å². The summed E-state index contributed by atoms with van der Waals surface area (Å²) in [5.74, 6) is 1.42. The Kier molecular flexibility index (Phi) is 39.9. The minimum atomic E-state index is -4.96. The second-order valence-electron chi connectivity index (χ2n) is 14.4. The summed E-state index contributed by atoms with van der Waals surface area (Å²) in [6, 6.07) is 0. The normalized spacial score (nSPS) is 14.4. The van der Waals surface area contributed by atoms with E-state index in [4.69, 9.17) is 19.6 Å². The maximum atomic E-state index is 11.1. The first-order valence-corrected chi connectivity index (χ1v) is 24.5. The van der Waals surface area contributed by atoms with Gasteiger partial charge in [-0.3, -0.25) is 9.13 Å². The van der Waals surface area contributed by atoms with Crippen LogP contribution in [0.1, 0.15) is 170 Å². The van der Waals surface area contributed by atoms with Crippen molar-refractivity contribution in [3.8, 4) is 0 Å². The monoisotopic (exact) mass is 872 g/mol. The van der Waals surface area contributed by atoms with E-state index in [-0.39, 0.29) is 116 Å². The number of hydrogen-bond donors (Lipinski definition) is 4. The summed E-state index contributed by atoms with van der Waals surface area (Å²) in [6.45, 7) is 13.0. The molecule has 0 saturated heterocycles. The van der Waals surface area contributed by atoms with Crippen molar-refractivity contribution in [2.75, 3.05) is 0 Å². The first kappa shape index (κ1) is 61.5. The van der Waals surface area contributed by atoms with Crippen LogP contribution in [0.4, 0.5) is 0 Å². The number of rotatable bonds is 28. The molecule has 0 saturated carbocycles. The van der Waals surface area contributed by atoms with Gasteiger partial charge in [-0.1, -0.05) is 127 Å².